The molecule has 0 spiro atoms. The van der Waals surface area contributed by atoms with E-state index >= 15 is 0 Å². The molecule has 3 N–H and O–H groups in total. The van der Waals surface area contributed by atoms with Crippen LogP contribution in [0.4, 0.5) is 0 Å². The fraction of sp³-hybridized carbons (Fsp3) is 0.786. The van der Waals surface area contributed by atoms with Gasteiger partial charge >= 0.3 is 0 Å². The molecule has 0 aromatic rings. The Balaban J connectivity index is 1.61. The minimum absolute atomic E-state index is 0.380. The van der Waals surface area contributed by atoms with E-state index in [-0.39, 0.29) is 0 Å². The summed E-state index contributed by atoms with van der Waals surface area (Å²) in [4.78, 5) is 0. The molecule has 0 bridgehead atoms. The Hall–Kier alpha value is -0.550. The second-order valence-electron chi connectivity index (χ2n) is 11.5. The Morgan fingerprint density at radius 1 is 1.22 bits per heavy atom. The summed E-state index contributed by atoms with van der Waals surface area (Å²) < 4.78 is 0. The molecule has 0 unspecified atom stereocenters. The van der Waals surface area contributed by atoms with Crippen LogP contribution in [0.3, 0.4) is 0 Å². The van der Waals surface area contributed by atoms with Gasteiger partial charge in [-0.1, -0.05) is 38.2 Å². The average Bonchev–Trinajstić information content (AvgIpc) is 3.06. The fourth-order valence-corrected chi connectivity index (χ4v) is 7.98. The molecule has 3 nitrogen and oxygen atoms in total. The van der Waals surface area contributed by atoms with E-state index < -0.39 is 17.8 Å². The van der Waals surface area contributed by atoms with Gasteiger partial charge in [0.15, 0.2) is 0 Å². The van der Waals surface area contributed by atoms with Gasteiger partial charge in [0.05, 0.1) is 17.8 Å². The fourth-order valence-electron chi connectivity index (χ4n) is 6.56. The van der Waals surface area contributed by atoms with Gasteiger partial charge in [0.2, 0.25) is 0 Å². The number of rotatable bonds is 8. The van der Waals surface area contributed by atoms with Crippen molar-refractivity contribution in [1.82, 2.24) is 0 Å². The molecule has 6 atom stereocenters. The van der Waals surface area contributed by atoms with Crippen LogP contribution < -0.4 is 0 Å². The molecule has 4 heteroatoms. The summed E-state index contributed by atoms with van der Waals surface area (Å²) in [6, 6.07) is 0. The number of fused-ring (bicyclic) bond motifs is 1. The van der Waals surface area contributed by atoms with Crippen molar-refractivity contribution in [2.75, 3.05) is 5.75 Å². The van der Waals surface area contributed by atoms with E-state index in [1.54, 1.807) is 5.57 Å². The number of unbranched alkanes of at least 4 members (excludes halogenated alkanes) is 1. The van der Waals surface area contributed by atoms with E-state index in [2.05, 4.69) is 44.3 Å². The number of aliphatic hydroxyl groups is 3. The normalized spacial score (nSPS) is 37.2. The zero-order valence-electron chi connectivity index (χ0n) is 20.8. The van der Waals surface area contributed by atoms with Crippen LogP contribution in [0.5, 0.6) is 0 Å². The van der Waals surface area contributed by atoms with Crippen molar-refractivity contribution in [3.8, 4) is 0 Å². The molecule has 0 saturated heterocycles. The Labute approximate surface area is 200 Å². The molecule has 0 aliphatic heterocycles. The second kappa shape index (κ2) is 10.8. The molecule has 3 aliphatic carbocycles. The minimum atomic E-state index is -0.614. The molecular weight excluding hydrogens is 416 g/mol. The van der Waals surface area contributed by atoms with E-state index in [1.165, 1.54) is 44.3 Å². The third kappa shape index (κ3) is 6.31. The van der Waals surface area contributed by atoms with E-state index in [1.807, 2.05) is 13.8 Å². The van der Waals surface area contributed by atoms with Gasteiger partial charge in [-0.25, -0.2) is 0 Å². The third-order valence-electron chi connectivity index (χ3n) is 8.43. The third-order valence-corrected chi connectivity index (χ3v) is 9.81. The topological polar surface area (TPSA) is 60.7 Å². The Bertz CT molecular complexity index is 719. The smallest absolute Gasteiger partial charge is 0.0811 e. The summed E-state index contributed by atoms with van der Waals surface area (Å²) in [5.41, 5.74) is 3.21. The van der Waals surface area contributed by atoms with Gasteiger partial charge in [0, 0.05) is 11.7 Å². The molecule has 0 aromatic heterocycles. The molecular formula is C28H46O3S. The van der Waals surface area contributed by atoms with Gasteiger partial charge in [0.25, 0.3) is 0 Å². The standard InChI is InChI=1S/C28H46O3S/c1-19-22(17-23(29)18-26(19)30)11-10-21-9-8-15-28(5)24(12-13-25(21)28)20(2)32-16-7-6-14-27(3,4)31/h10-11,20,23-26,29-31H,1,6-9,12-18H2,2-5H3/b21-10+,22-11-/t20-,23+,24+,25-,26-,28+/m0/s1. The highest BCUT2D eigenvalue weighted by Gasteiger charge is 2.50. The number of allylic oxidation sites excluding steroid dienone is 3. The lowest BCUT2D eigenvalue weighted by Gasteiger charge is -2.44. The lowest BCUT2D eigenvalue weighted by atomic mass is 9.63. The first-order chi connectivity index (χ1) is 15.0. The summed E-state index contributed by atoms with van der Waals surface area (Å²) >= 11 is 2.14. The van der Waals surface area contributed by atoms with Crippen molar-refractivity contribution in [2.45, 2.75) is 115 Å². The zero-order chi connectivity index (χ0) is 23.5. The molecule has 3 aliphatic rings. The van der Waals surface area contributed by atoms with Crippen molar-refractivity contribution in [2.24, 2.45) is 17.3 Å². The van der Waals surface area contributed by atoms with Gasteiger partial charge in [-0.15, -0.1) is 0 Å². The maximum absolute atomic E-state index is 10.2. The number of aliphatic hydroxyl groups excluding tert-OH is 2. The summed E-state index contributed by atoms with van der Waals surface area (Å²) in [6.45, 7) is 12.9. The first kappa shape index (κ1) is 26.1. The summed E-state index contributed by atoms with van der Waals surface area (Å²) in [5.74, 6) is 2.61. The predicted molar refractivity (Wildman–Crippen MR) is 137 cm³/mol. The van der Waals surface area contributed by atoms with Crippen LogP contribution in [-0.2, 0) is 0 Å². The van der Waals surface area contributed by atoms with E-state index in [9.17, 15) is 15.3 Å². The molecule has 3 fully saturated rings. The van der Waals surface area contributed by atoms with Crippen LogP contribution in [-0.4, -0.2) is 44.1 Å². The Morgan fingerprint density at radius 2 is 1.97 bits per heavy atom. The minimum Gasteiger partial charge on any atom is -0.393 e. The van der Waals surface area contributed by atoms with Crippen LogP contribution in [0.25, 0.3) is 0 Å². The quantitative estimate of drug-likeness (QED) is 0.376. The van der Waals surface area contributed by atoms with Gasteiger partial charge in [0.1, 0.15) is 0 Å². The number of thioether (sulfide) groups is 1. The summed E-state index contributed by atoms with van der Waals surface area (Å²) in [5, 5.41) is 30.8. The maximum atomic E-state index is 10.2. The van der Waals surface area contributed by atoms with Crippen molar-refractivity contribution < 1.29 is 15.3 Å². The predicted octanol–water partition coefficient (Wildman–Crippen LogP) is 6.19. The monoisotopic (exact) mass is 462 g/mol. The molecule has 0 amide bonds. The highest BCUT2D eigenvalue weighted by atomic mass is 32.2. The molecule has 32 heavy (non-hydrogen) atoms. The van der Waals surface area contributed by atoms with Crippen LogP contribution in [0.1, 0.15) is 91.9 Å². The lowest BCUT2D eigenvalue weighted by molar-refractivity contribution is 0.0687. The SMILES string of the molecule is C=C1/C(=C\C=C2/CCC[C@]3(C)[C@@H]([C@H](C)SCCCCC(C)(C)O)CC[C@@H]23)C[C@@H](O)C[C@@H]1O. The first-order valence-electron chi connectivity index (χ1n) is 12.8. The van der Waals surface area contributed by atoms with Gasteiger partial charge in [-0.2, -0.15) is 11.8 Å². The zero-order valence-corrected chi connectivity index (χ0v) is 21.6. The Morgan fingerprint density at radius 3 is 2.69 bits per heavy atom. The van der Waals surface area contributed by atoms with Gasteiger partial charge in [-0.05, 0) is 106 Å². The molecule has 0 aromatic carbocycles. The van der Waals surface area contributed by atoms with Crippen molar-refractivity contribution in [1.29, 1.82) is 0 Å². The van der Waals surface area contributed by atoms with Gasteiger partial charge in [-0.3, -0.25) is 0 Å². The van der Waals surface area contributed by atoms with Crippen LogP contribution in [0.15, 0.2) is 35.5 Å². The van der Waals surface area contributed by atoms with Crippen LogP contribution in [0.2, 0.25) is 0 Å². The van der Waals surface area contributed by atoms with Crippen molar-refractivity contribution in [3.05, 3.63) is 35.5 Å². The average molecular weight is 463 g/mol. The molecule has 3 rings (SSSR count). The van der Waals surface area contributed by atoms with Crippen molar-refractivity contribution in [3.63, 3.8) is 0 Å². The largest absolute Gasteiger partial charge is 0.393 e. The van der Waals surface area contributed by atoms with Crippen LogP contribution >= 0.6 is 11.8 Å². The second-order valence-corrected chi connectivity index (χ2v) is 13.0. The molecule has 0 radical (unpaired) electrons. The summed E-state index contributed by atoms with van der Waals surface area (Å²) in [6.07, 6.45) is 13.9. The van der Waals surface area contributed by atoms with E-state index in [0.717, 1.165) is 29.9 Å². The highest BCUT2D eigenvalue weighted by Crippen LogP contribution is 2.59. The number of hydrogen-bond donors (Lipinski definition) is 3. The van der Waals surface area contributed by atoms with Crippen molar-refractivity contribution >= 4 is 11.8 Å². The molecule has 182 valence electrons. The maximum Gasteiger partial charge on any atom is 0.0811 e. The summed E-state index contributed by atoms with van der Waals surface area (Å²) in [7, 11) is 0. The van der Waals surface area contributed by atoms with Gasteiger partial charge < -0.3 is 15.3 Å². The van der Waals surface area contributed by atoms with Crippen LogP contribution in [0, 0.1) is 17.3 Å². The lowest BCUT2D eigenvalue weighted by Crippen LogP contribution is -2.37. The number of hydrogen-bond acceptors (Lipinski definition) is 4. The van der Waals surface area contributed by atoms with E-state index in [4.69, 9.17) is 0 Å². The molecule has 0 heterocycles. The highest BCUT2D eigenvalue weighted by molar-refractivity contribution is 7.99. The van der Waals surface area contributed by atoms with E-state index in [0.29, 0.717) is 29.4 Å². The first-order valence-corrected chi connectivity index (χ1v) is 13.8. The Kier molecular flexibility index (Phi) is 8.80. The molecule has 3 saturated carbocycles.